The van der Waals surface area contributed by atoms with Gasteiger partial charge in [0.2, 0.25) is 10.0 Å². The molecule has 1 aromatic heterocycles. The summed E-state index contributed by atoms with van der Waals surface area (Å²) < 4.78 is 42.6. The molecule has 2 aromatic rings. The van der Waals surface area contributed by atoms with Gasteiger partial charge in [0.1, 0.15) is 17.0 Å². The summed E-state index contributed by atoms with van der Waals surface area (Å²) in [7, 11) is -3.95. The van der Waals surface area contributed by atoms with E-state index in [1.807, 2.05) is 25.7 Å². The minimum Gasteiger partial charge on any atom is -0.443 e. The van der Waals surface area contributed by atoms with Gasteiger partial charge in [0.15, 0.2) is 12.8 Å². The van der Waals surface area contributed by atoms with Gasteiger partial charge in [-0.15, -0.1) is 0 Å². The number of imide groups is 1. The van der Waals surface area contributed by atoms with Crippen molar-refractivity contribution in [1.82, 2.24) is 9.71 Å². The van der Waals surface area contributed by atoms with Crippen molar-refractivity contribution in [3.05, 3.63) is 24.3 Å². The number of anilines is 2. The number of aromatic nitrogens is 1. The van der Waals surface area contributed by atoms with Crippen LogP contribution in [0, 0.1) is 5.92 Å². The Labute approximate surface area is 259 Å². The molecular formula is C31H44N5O7S+. The van der Waals surface area contributed by atoms with E-state index < -0.39 is 39.0 Å². The Morgan fingerprint density at radius 2 is 1.61 bits per heavy atom. The molecule has 1 saturated carbocycles. The van der Waals surface area contributed by atoms with Crippen molar-refractivity contribution >= 4 is 56.7 Å². The van der Waals surface area contributed by atoms with E-state index in [4.69, 9.17) is 9.47 Å². The molecule has 1 N–H and O–H groups in total. The van der Waals surface area contributed by atoms with Crippen LogP contribution in [0.4, 0.5) is 21.1 Å². The highest BCUT2D eigenvalue weighted by molar-refractivity contribution is 7.89. The van der Waals surface area contributed by atoms with Crippen molar-refractivity contribution in [3.8, 4) is 0 Å². The molecule has 3 amide bonds. The smallest absolute Gasteiger partial charge is 0.425 e. The van der Waals surface area contributed by atoms with Gasteiger partial charge in [0.25, 0.3) is 0 Å². The number of amides is 3. The van der Waals surface area contributed by atoms with Gasteiger partial charge >= 0.3 is 18.1 Å². The van der Waals surface area contributed by atoms with Gasteiger partial charge in [-0.3, -0.25) is 0 Å². The van der Waals surface area contributed by atoms with Crippen LogP contribution >= 0.6 is 0 Å². The molecule has 2 heterocycles. The van der Waals surface area contributed by atoms with Gasteiger partial charge in [-0.05, 0) is 99.4 Å². The third-order valence-corrected chi connectivity index (χ3v) is 8.68. The molecule has 1 aliphatic carbocycles. The lowest BCUT2D eigenvalue weighted by Crippen LogP contribution is -2.44. The molecule has 240 valence electrons. The Hall–Kier alpha value is -3.58. The first-order valence-corrected chi connectivity index (χ1v) is 16.3. The summed E-state index contributed by atoms with van der Waals surface area (Å²) in [5.74, 6) is -0.214. The Balaban J connectivity index is 1.84. The van der Waals surface area contributed by atoms with Gasteiger partial charge in [-0.1, -0.05) is 0 Å². The van der Waals surface area contributed by atoms with Crippen LogP contribution in [0.15, 0.2) is 29.2 Å². The summed E-state index contributed by atoms with van der Waals surface area (Å²) in [6.45, 7) is 16.9. The summed E-state index contributed by atoms with van der Waals surface area (Å²) in [6, 6.07) is 6.22. The molecule has 4 rings (SSSR count). The predicted molar refractivity (Wildman–Crippen MR) is 168 cm³/mol. The number of carbonyl (C=O) groups excluding carboxylic acids is 3. The van der Waals surface area contributed by atoms with Crippen LogP contribution in [0.1, 0.15) is 75.2 Å². The molecule has 0 atom stereocenters. The zero-order chi connectivity index (χ0) is 32.8. The molecule has 13 heteroatoms. The van der Waals surface area contributed by atoms with E-state index in [0.717, 1.165) is 12.8 Å². The summed E-state index contributed by atoms with van der Waals surface area (Å²) in [6.07, 6.45) is 1.31. The van der Waals surface area contributed by atoms with Gasteiger partial charge in [0, 0.05) is 16.6 Å². The van der Waals surface area contributed by atoms with E-state index in [1.54, 1.807) is 64.5 Å². The largest absolute Gasteiger partial charge is 0.443 e. The molecule has 0 radical (unpaired) electrons. The van der Waals surface area contributed by atoms with Gasteiger partial charge in [-0.25, -0.2) is 32.5 Å². The number of hydrogen-bond acceptors (Lipinski definition) is 9. The molecule has 0 bridgehead atoms. The number of carbonyl (C=O) groups is 3. The maximum Gasteiger partial charge on any atom is 0.425 e. The fourth-order valence-corrected chi connectivity index (χ4v) is 6.13. The highest BCUT2D eigenvalue weighted by atomic mass is 32.2. The van der Waals surface area contributed by atoms with Crippen LogP contribution in [0.25, 0.3) is 10.9 Å². The van der Waals surface area contributed by atoms with Crippen LogP contribution in [0.5, 0.6) is 0 Å². The van der Waals surface area contributed by atoms with E-state index >= 15 is 0 Å². The van der Waals surface area contributed by atoms with Crippen LogP contribution < -0.4 is 14.5 Å². The van der Waals surface area contributed by atoms with E-state index in [2.05, 4.69) is 9.71 Å². The van der Waals surface area contributed by atoms with Crippen molar-refractivity contribution in [2.75, 3.05) is 29.4 Å². The summed E-state index contributed by atoms with van der Waals surface area (Å²) in [4.78, 5) is 46.4. The molecule has 12 nitrogen and oxygen atoms in total. The molecule has 1 fully saturated rings. The zero-order valence-corrected chi connectivity index (χ0v) is 27.9. The number of rotatable bonds is 6. The molecular weight excluding hydrogens is 586 g/mol. The summed E-state index contributed by atoms with van der Waals surface area (Å²) in [5, 5.41) is 0.607. The molecule has 0 saturated heterocycles. The van der Waals surface area contributed by atoms with Gasteiger partial charge < -0.3 is 14.4 Å². The van der Waals surface area contributed by atoms with Crippen molar-refractivity contribution in [1.29, 1.82) is 0 Å². The molecule has 1 aliphatic heterocycles. The van der Waals surface area contributed by atoms with Crippen LogP contribution in [-0.4, -0.2) is 78.7 Å². The number of nitrogens with zero attached hydrogens (tertiary/aromatic N) is 4. The predicted octanol–water partition coefficient (Wildman–Crippen LogP) is 4.83. The van der Waals surface area contributed by atoms with Gasteiger partial charge in [0.05, 0.1) is 29.4 Å². The van der Waals surface area contributed by atoms with Crippen LogP contribution in [0.2, 0.25) is 0 Å². The number of ether oxygens (including phenoxy) is 2. The topological polar surface area (TPSA) is 138 Å². The Morgan fingerprint density at radius 1 is 1.02 bits per heavy atom. The maximum atomic E-state index is 13.6. The fourth-order valence-electron chi connectivity index (χ4n) is 4.63. The first kappa shape index (κ1) is 33.3. The molecule has 0 spiro atoms. The van der Waals surface area contributed by atoms with Gasteiger partial charge in [-0.2, -0.15) is 9.48 Å². The number of benzene rings is 1. The van der Waals surface area contributed by atoms with Crippen molar-refractivity contribution in [2.45, 2.75) is 96.8 Å². The van der Waals surface area contributed by atoms with Crippen molar-refractivity contribution < 1.29 is 36.9 Å². The molecule has 1 aromatic carbocycles. The number of hydrogen-bond donors (Lipinski definition) is 1. The highest BCUT2D eigenvalue weighted by Crippen LogP contribution is 2.38. The monoisotopic (exact) mass is 630 g/mol. The minimum absolute atomic E-state index is 0.000419. The second-order valence-corrected chi connectivity index (χ2v) is 15.6. The Morgan fingerprint density at radius 3 is 2.09 bits per heavy atom. The highest BCUT2D eigenvalue weighted by Gasteiger charge is 2.42. The SMILES string of the molecule is CC(C)C(=O)[N+]1=CCN(c2cc(S(=O)(=O)NC3(C)CC3)cc3nc(N(C(=O)OC(C)(C)C)C(=O)OC(C)(C)C)ccc23)CC1. The summed E-state index contributed by atoms with van der Waals surface area (Å²) in [5.41, 5.74) is -1.49. The number of fused-ring (bicyclic) bond motifs is 1. The lowest BCUT2D eigenvalue weighted by atomic mass is 10.1. The maximum absolute atomic E-state index is 13.6. The van der Waals surface area contributed by atoms with Crippen LogP contribution in [-0.2, 0) is 24.3 Å². The van der Waals surface area contributed by atoms with Crippen molar-refractivity contribution in [2.24, 2.45) is 5.92 Å². The number of nitrogens with one attached hydrogen (secondary N) is 1. The minimum atomic E-state index is -3.95. The third-order valence-electron chi connectivity index (χ3n) is 7.07. The van der Waals surface area contributed by atoms with E-state index in [9.17, 15) is 22.8 Å². The first-order valence-electron chi connectivity index (χ1n) is 14.8. The second kappa shape index (κ2) is 11.7. The van der Waals surface area contributed by atoms with Crippen LogP contribution in [0.3, 0.4) is 0 Å². The molecule has 0 unspecified atom stereocenters. The lowest BCUT2D eigenvalue weighted by Gasteiger charge is -2.29. The average Bonchev–Trinajstić information content (AvgIpc) is 3.60. The first-order chi connectivity index (χ1) is 20.2. The average molecular weight is 631 g/mol. The van der Waals surface area contributed by atoms with E-state index in [-0.39, 0.29) is 28.1 Å². The van der Waals surface area contributed by atoms with E-state index in [0.29, 0.717) is 35.6 Å². The van der Waals surface area contributed by atoms with E-state index in [1.165, 1.54) is 12.1 Å². The quantitative estimate of drug-likeness (QED) is 0.445. The molecule has 44 heavy (non-hydrogen) atoms. The number of sulfonamides is 1. The fraction of sp³-hybridized carbons (Fsp3) is 0.581. The standard InChI is InChI=1S/C31H44N5O7S/c1-20(2)26(37)35-16-14-34(15-17-35)24-19-21(44(40,41)33-31(9)12-13-31)18-23-22(24)10-11-25(32-23)36(27(38)42-29(3,4)5)28(39)43-30(6,7)8/h10-11,16,18-20,33H,12-15,17H2,1-9H3/q+1. The normalized spacial score (nSPS) is 16.9. The second-order valence-electron chi connectivity index (χ2n) is 14.0. The lowest BCUT2D eigenvalue weighted by molar-refractivity contribution is -0.449. The number of pyridine rings is 1. The van der Waals surface area contributed by atoms with Crippen molar-refractivity contribution in [3.63, 3.8) is 0 Å². The summed E-state index contributed by atoms with van der Waals surface area (Å²) >= 11 is 0. The molecule has 2 aliphatic rings. The Kier molecular flexibility index (Phi) is 8.88. The zero-order valence-electron chi connectivity index (χ0n) is 27.1. The Bertz CT molecular complexity index is 1590. The third kappa shape index (κ3) is 7.92.